The van der Waals surface area contributed by atoms with Crippen LogP contribution in [0.4, 0.5) is 0 Å². The van der Waals surface area contributed by atoms with Crippen LogP contribution >= 0.6 is 0 Å². The summed E-state index contributed by atoms with van der Waals surface area (Å²) in [7, 11) is 0. The van der Waals surface area contributed by atoms with Crippen LogP contribution in [0, 0.1) is 0 Å². The lowest BCUT2D eigenvalue weighted by Gasteiger charge is -2.09. The van der Waals surface area contributed by atoms with Crippen molar-refractivity contribution in [3.8, 4) is 22.8 Å². The van der Waals surface area contributed by atoms with Gasteiger partial charge in [0.25, 0.3) is 0 Å². The van der Waals surface area contributed by atoms with Crippen molar-refractivity contribution in [2.45, 2.75) is 0 Å². The maximum absolute atomic E-state index is 5.70. The number of furan rings is 1. The zero-order valence-corrected chi connectivity index (χ0v) is 11.6. The Hall–Kier alpha value is -2.68. The van der Waals surface area contributed by atoms with Crippen molar-refractivity contribution in [2.75, 3.05) is 13.2 Å². The number of benzene rings is 2. The fraction of sp³-hybridized carbons (Fsp3) is 0.111. The molecule has 3 nitrogen and oxygen atoms in total. The van der Waals surface area contributed by atoms with Crippen molar-refractivity contribution in [1.29, 1.82) is 0 Å². The average molecular weight is 280 g/mol. The average Bonchev–Trinajstić information content (AvgIpc) is 3.07. The summed E-state index contributed by atoms with van der Waals surface area (Å²) in [5.74, 6) is 2.49. The molecule has 21 heavy (non-hydrogen) atoms. The number of ether oxygens (including phenoxy) is 2. The molecule has 3 heteroatoms. The van der Waals surface area contributed by atoms with E-state index in [-0.39, 0.29) is 0 Å². The summed E-state index contributed by atoms with van der Waals surface area (Å²) in [4.78, 5) is 0. The minimum Gasteiger partial charge on any atom is -0.490 e. The maximum atomic E-state index is 5.70. The van der Waals surface area contributed by atoms with Crippen LogP contribution in [-0.4, -0.2) is 13.2 Å². The van der Waals surface area contributed by atoms with E-state index in [0.29, 0.717) is 13.2 Å². The molecule has 0 amide bonds. The summed E-state index contributed by atoms with van der Waals surface area (Å²) in [6.45, 7) is 1.01. The summed E-state index contributed by atoms with van der Waals surface area (Å²) in [5, 5.41) is 0. The lowest BCUT2D eigenvalue weighted by Crippen LogP contribution is -2.08. The van der Waals surface area contributed by atoms with Crippen molar-refractivity contribution in [1.82, 2.24) is 0 Å². The van der Waals surface area contributed by atoms with E-state index in [9.17, 15) is 0 Å². The molecule has 0 aliphatic heterocycles. The SMILES string of the molecule is c1ccc(OCCOc2cccc(-c3ccco3)c2)cc1. The third-order valence-electron chi connectivity index (χ3n) is 3.00. The van der Waals surface area contributed by atoms with Crippen LogP contribution in [0.15, 0.2) is 77.4 Å². The van der Waals surface area contributed by atoms with E-state index >= 15 is 0 Å². The summed E-state index contributed by atoms with van der Waals surface area (Å²) >= 11 is 0. The Kier molecular flexibility index (Phi) is 4.22. The number of para-hydroxylation sites is 1. The predicted octanol–water partition coefficient (Wildman–Crippen LogP) is 4.40. The highest BCUT2D eigenvalue weighted by molar-refractivity contribution is 5.59. The molecule has 3 rings (SSSR count). The summed E-state index contributed by atoms with van der Waals surface area (Å²) < 4.78 is 16.7. The first-order chi connectivity index (χ1) is 10.4. The second kappa shape index (κ2) is 6.66. The minimum atomic E-state index is 0.497. The third-order valence-corrected chi connectivity index (χ3v) is 3.00. The monoisotopic (exact) mass is 280 g/mol. The van der Waals surface area contributed by atoms with Gasteiger partial charge in [-0.3, -0.25) is 0 Å². The van der Waals surface area contributed by atoms with Gasteiger partial charge in [0.1, 0.15) is 30.5 Å². The van der Waals surface area contributed by atoms with E-state index in [0.717, 1.165) is 22.8 Å². The fourth-order valence-electron chi connectivity index (χ4n) is 2.02. The van der Waals surface area contributed by atoms with E-state index in [1.54, 1.807) is 6.26 Å². The van der Waals surface area contributed by atoms with Crippen LogP contribution in [0.1, 0.15) is 0 Å². The molecule has 106 valence electrons. The molecule has 1 heterocycles. The van der Waals surface area contributed by atoms with Gasteiger partial charge in [-0.25, -0.2) is 0 Å². The standard InChI is InChI=1S/C18H16O3/c1-2-7-16(8-3-1)19-12-13-20-17-9-4-6-15(14-17)18-10-5-11-21-18/h1-11,14H,12-13H2. The van der Waals surface area contributed by atoms with Gasteiger partial charge in [0.15, 0.2) is 0 Å². The van der Waals surface area contributed by atoms with Gasteiger partial charge >= 0.3 is 0 Å². The Balaban J connectivity index is 1.53. The lowest BCUT2D eigenvalue weighted by molar-refractivity contribution is 0.217. The van der Waals surface area contributed by atoms with E-state index < -0.39 is 0 Å². The first kappa shape index (κ1) is 13.3. The van der Waals surface area contributed by atoms with Crippen LogP contribution in [0.2, 0.25) is 0 Å². The van der Waals surface area contributed by atoms with Gasteiger partial charge in [-0.05, 0) is 36.4 Å². The molecule has 0 radical (unpaired) electrons. The van der Waals surface area contributed by atoms with Gasteiger partial charge in [0.05, 0.1) is 6.26 Å². The Labute approximate surface area is 123 Å². The molecule has 0 spiro atoms. The molecule has 0 aliphatic rings. The van der Waals surface area contributed by atoms with E-state index in [1.807, 2.05) is 66.7 Å². The first-order valence-electron chi connectivity index (χ1n) is 6.86. The Bertz CT molecular complexity index is 660. The van der Waals surface area contributed by atoms with E-state index in [2.05, 4.69) is 0 Å². The smallest absolute Gasteiger partial charge is 0.133 e. The van der Waals surface area contributed by atoms with Crippen molar-refractivity contribution in [3.05, 3.63) is 73.0 Å². The van der Waals surface area contributed by atoms with Gasteiger partial charge in [0.2, 0.25) is 0 Å². The Morgan fingerprint density at radius 1 is 0.714 bits per heavy atom. The number of hydrogen-bond donors (Lipinski definition) is 0. The van der Waals surface area contributed by atoms with Gasteiger partial charge in [-0.2, -0.15) is 0 Å². The van der Waals surface area contributed by atoms with Crippen molar-refractivity contribution in [2.24, 2.45) is 0 Å². The zero-order valence-electron chi connectivity index (χ0n) is 11.6. The van der Waals surface area contributed by atoms with E-state index in [4.69, 9.17) is 13.9 Å². The molecule has 0 saturated carbocycles. The van der Waals surface area contributed by atoms with Gasteiger partial charge in [-0.1, -0.05) is 30.3 Å². The summed E-state index contributed by atoms with van der Waals surface area (Å²) in [6.07, 6.45) is 1.66. The third kappa shape index (κ3) is 3.66. The van der Waals surface area contributed by atoms with Gasteiger partial charge in [-0.15, -0.1) is 0 Å². The number of rotatable bonds is 6. The number of hydrogen-bond acceptors (Lipinski definition) is 3. The predicted molar refractivity (Wildman–Crippen MR) is 81.6 cm³/mol. The molecular weight excluding hydrogens is 264 g/mol. The van der Waals surface area contributed by atoms with Crippen LogP contribution < -0.4 is 9.47 Å². The molecule has 0 aliphatic carbocycles. The highest BCUT2D eigenvalue weighted by Gasteiger charge is 2.02. The molecule has 0 bridgehead atoms. The molecule has 0 N–H and O–H groups in total. The molecule has 0 fully saturated rings. The highest BCUT2D eigenvalue weighted by Crippen LogP contribution is 2.24. The molecule has 2 aromatic carbocycles. The van der Waals surface area contributed by atoms with E-state index in [1.165, 1.54) is 0 Å². The molecule has 0 unspecified atom stereocenters. The molecule has 0 atom stereocenters. The lowest BCUT2D eigenvalue weighted by atomic mass is 10.2. The van der Waals surface area contributed by atoms with Crippen LogP contribution in [-0.2, 0) is 0 Å². The van der Waals surface area contributed by atoms with Crippen molar-refractivity contribution < 1.29 is 13.9 Å². The van der Waals surface area contributed by atoms with Crippen molar-refractivity contribution >= 4 is 0 Å². The normalized spacial score (nSPS) is 10.3. The van der Waals surface area contributed by atoms with Crippen LogP contribution in [0.5, 0.6) is 11.5 Å². The largest absolute Gasteiger partial charge is 0.490 e. The van der Waals surface area contributed by atoms with Gasteiger partial charge in [0, 0.05) is 5.56 Å². The molecule has 1 aromatic heterocycles. The van der Waals surface area contributed by atoms with Gasteiger partial charge < -0.3 is 13.9 Å². The van der Waals surface area contributed by atoms with Crippen molar-refractivity contribution in [3.63, 3.8) is 0 Å². The quantitative estimate of drug-likeness (QED) is 0.627. The fourth-order valence-corrected chi connectivity index (χ4v) is 2.02. The second-order valence-corrected chi connectivity index (χ2v) is 4.52. The summed E-state index contributed by atoms with van der Waals surface area (Å²) in [5.41, 5.74) is 1.00. The van der Waals surface area contributed by atoms with Crippen LogP contribution in [0.3, 0.4) is 0 Å². The Morgan fingerprint density at radius 2 is 1.48 bits per heavy atom. The molecular formula is C18H16O3. The first-order valence-corrected chi connectivity index (χ1v) is 6.86. The Morgan fingerprint density at radius 3 is 2.24 bits per heavy atom. The molecule has 3 aromatic rings. The highest BCUT2D eigenvalue weighted by atomic mass is 16.5. The van der Waals surface area contributed by atoms with Crippen LogP contribution in [0.25, 0.3) is 11.3 Å². The topological polar surface area (TPSA) is 31.6 Å². The zero-order chi connectivity index (χ0) is 14.3. The summed E-state index contributed by atoms with van der Waals surface area (Å²) in [6, 6.07) is 21.3. The maximum Gasteiger partial charge on any atom is 0.133 e. The second-order valence-electron chi connectivity index (χ2n) is 4.52. The minimum absolute atomic E-state index is 0.497. The molecule has 0 saturated heterocycles.